The summed E-state index contributed by atoms with van der Waals surface area (Å²) in [6.07, 6.45) is 7.49. The van der Waals surface area contributed by atoms with Gasteiger partial charge in [0.25, 0.3) is 0 Å². The highest BCUT2D eigenvalue weighted by Crippen LogP contribution is 2.39. The van der Waals surface area contributed by atoms with Gasteiger partial charge in [-0.25, -0.2) is 0 Å². The van der Waals surface area contributed by atoms with Crippen molar-refractivity contribution < 1.29 is 9.47 Å². The Bertz CT molecular complexity index is 472. The minimum atomic E-state index is -0.00819. The molecule has 0 spiro atoms. The normalized spacial score (nSPS) is 21.6. The van der Waals surface area contributed by atoms with Crippen molar-refractivity contribution in [3.8, 4) is 5.75 Å². The maximum absolute atomic E-state index is 5.90. The lowest BCUT2D eigenvalue weighted by Gasteiger charge is -2.35. The van der Waals surface area contributed by atoms with Crippen LogP contribution in [0.4, 0.5) is 0 Å². The van der Waals surface area contributed by atoms with Crippen LogP contribution in [0.1, 0.15) is 49.3 Å². The van der Waals surface area contributed by atoms with Crippen LogP contribution in [-0.4, -0.2) is 19.8 Å². The highest BCUT2D eigenvalue weighted by atomic mass is 16.5. The number of para-hydroxylation sites is 1. The molecule has 0 bridgehead atoms. The average Bonchev–Trinajstić information content (AvgIpc) is 3.02. The number of nitrogens with one attached hydrogen (secondary N) is 1. The summed E-state index contributed by atoms with van der Waals surface area (Å²) in [5.74, 6) is 7.48. The van der Waals surface area contributed by atoms with Gasteiger partial charge in [-0.3, -0.25) is 11.3 Å². The molecule has 1 saturated carbocycles. The van der Waals surface area contributed by atoms with E-state index in [-0.39, 0.29) is 12.1 Å². The zero-order valence-electron chi connectivity index (χ0n) is 12.8. The van der Waals surface area contributed by atoms with Crippen molar-refractivity contribution in [2.45, 2.75) is 50.7 Å². The molecule has 21 heavy (non-hydrogen) atoms. The van der Waals surface area contributed by atoms with Crippen LogP contribution in [0.5, 0.6) is 5.75 Å². The van der Waals surface area contributed by atoms with Crippen LogP contribution in [0, 0.1) is 5.92 Å². The zero-order valence-corrected chi connectivity index (χ0v) is 12.8. The van der Waals surface area contributed by atoms with Gasteiger partial charge in [-0.05, 0) is 24.3 Å². The van der Waals surface area contributed by atoms with Crippen molar-refractivity contribution in [1.82, 2.24) is 5.43 Å². The smallest absolute Gasteiger partial charge is 0.127 e. The van der Waals surface area contributed by atoms with E-state index in [1.807, 2.05) is 0 Å². The van der Waals surface area contributed by atoms with Crippen LogP contribution in [0.3, 0.4) is 0 Å². The lowest BCUT2D eigenvalue weighted by atomic mass is 9.80. The van der Waals surface area contributed by atoms with E-state index in [9.17, 15) is 0 Å². The molecule has 0 amide bonds. The molecule has 1 aliphatic carbocycles. The van der Waals surface area contributed by atoms with Crippen LogP contribution in [0.15, 0.2) is 18.2 Å². The third-order valence-corrected chi connectivity index (χ3v) is 4.97. The topological polar surface area (TPSA) is 56.5 Å². The molecule has 116 valence electrons. The van der Waals surface area contributed by atoms with Gasteiger partial charge in [-0.2, -0.15) is 0 Å². The van der Waals surface area contributed by atoms with Gasteiger partial charge in [0.1, 0.15) is 5.75 Å². The summed E-state index contributed by atoms with van der Waals surface area (Å²) < 4.78 is 11.7. The first-order valence-corrected chi connectivity index (χ1v) is 8.08. The Hall–Kier alpha value is -1.10. The predicted molar refractivity (Wildman–Crippen MR) is 83.1 cm³/mol. The molecule has 1 fully saturated rings. The second kappa shape index (κ2) is 6.77. The van der Waals surface area contributed by atoms with Gasteiger partial charge < -0.3 is 9.47 Å². The summed E-state index contributed by atoms with van der Waals surface area (Å²) in [5.41, 5.74) is 5.42. The molecule has 2 aliphatic rings. The molecular weight excluding hydrogens is 264 g/mol. The molecule has 1 aromatic carbocycles. The molecule has 4 heteroatoms. The number of nitrogens with two attached hydrogens (primary N) is 1. The summed E-state index contributed by atoms with van der Waals surface area (Å²) in [6.45, 7) is 0.769. The largest absolute Gasteiger partial charge is 0.493 e. The molecule has 4 nitrogen and oxygen atoms in total. The first-order valence-electron chi connectivity index (χ1n) is 8.08. The molecular formula is C17H26N2O2. The van der Waals surface area contributed by atoms with Crippen LogP contribution in [0.25, 0.3) is 0 Å². The van der Waals surface area contributed by atoms with Crippen molar-refractivity contribution >= 4 is 0 Å². The van der Waals surface area contributed by atoms with Gasteiger partial charge in [0.2, 0.25) is 0 Å². The van der Waals surface area contributed by atoms with Crippen LogP contribution in [-0.2, 0) is 11.2 Å². The van der Waals surface area contributed by atoms with E-state index in [4.69, 9.17) is 15.3 Å². The first kappa shape index (κ1) is 14.8. The first-order chi connectivity index (χ1) is 10.3. The SMILES string of the molecule is COC(C1CCCCC1)C(NN)c1cccc2c1OCC2. The van der Waals surface area contributed by atoms with Gasteiger partial charge in [0.05, 0.1) is 18.8 Å². The van der Waals surface area contributed by atoms with E-state index in [0.717, 1.165) is 24.3 Å². The van der Waals surface area contributed by atoms with Gasteiger partial charge in [0.15, 0.2) is 0 Å². The van der Waals surface area contributed by atoms with Crippen molar-refractivity contribution in [2.75, 3.05) is 13.7 Å². The summed E-state index contributed by atoms with van der Waals surface area (Å²) >= 11 is 0. The number of rotatable bonds is 5. The van der Waals surface area contributed by atoms with E-state index < -0.39 is 0 Å². The van der Waals surface area contributed by atoms with E-state index in [0.29, 0.717) is 5.92 Å². The Morgan fingerprint density at radius 3 is 2.81 bits per heavy atom. The molecule has 0 radical (unpaired) electrons. The number of fused-ring (bicyclic) bond motifs is 1. The molecule has 2 unspecified atom stereocenters. The van der Waals surface area contributed by atoms with Crippen molar-refractivity contribution in [2.24, 2.45) is 11.8 Å². The quantitative estimate of drug-likeness (QED) is 0.646. The zero-order chi connectivity index (χ0) is 14.7. The Morgan fingerprint density at radius 1 is 1.29 bits per heavy atom. The fourth-order valence-electron chi connectivity index (χ4n) is 3.91. The Balaban J connectivity index is 1.87. The van der Waals surface area contributed by atoms with Crippen molar-refractivity contribution in [3.05, 3.63) is 29.3 Å². The number of methoxy groups -OCH3 is 1. The minimum absolute atomic E-state index is 0.00819. The fourth-order valence-corrected chi connectivity index (χ4v) is 3.91. The van der Waals surface area contributed by atoms with Crippen LogP contribution < -0.4 is 16.0 Å². The summed E-state index contributed by atoms with van der Waals surface area (Å²) in [6, 6.07) is 6.35. The van der Waals surface area contributed by atoms with Gasteiger partial charge in [-0.1, -0.05) is 37.5 Å². The Morgan fingerprint density at radius 2 is 2.10 bits per heavy atom. The minimum Gasteiger partial charge on any atom is -0.493 e. The number of hydrogen-bond donors (Lipinski definition) is 2. The number of ether oxygens (including phenoxy) is 2. The fraction of sp³-hybridized carbons (Fsp3) is 0.647. The molecule has 3 N–H and O–H groups in total. The highest BCUT2D eigenvalue weighted by Gasteiger charge is 2.33. The standard InChI is InChI=1S/C17H26N2O2/c1-20-17(12-6-3-2-4-7-12)15(19-18)14-9-5-8-13-10-11-21-16(13)14/h5,8-9,12,15,17,19H,2-4,6-7,10-11,18H2,1H3. The third kappa shape index (κ3) is 2.93. The molecule has 0 aromatic heterocycles. The Kier molecular flexibility index (Phi) is 4.78. The van der Waals surface area contributed by atoms with E-state index in [1.165, 1.54) is 37.7 Å². The molecule has 2 atom stereocenters. The molecule has 1 aromatic rings. The van der Waals surface area contributed by atoms with Crippen molar-refractivity contribution in [1.29, 1.82) is 0 Å². The second-order valence-corrected chi connectivity index (χ2v) is 6.18. The monoisotopic (exact) mass is 290 g/mol. The van der Waals surface area contributed by atoms with Gasteiger partial charge in [-0.15, -0.1) is 0 Å². The summed E-state index contributed by atoms with van der Waals surface area (Å²) in [4.78, 5) is 0. The van der Waals surface area contributed by atoms with Gasteiger partial charge in [0, 0.05) is 19.1 Å². The van der Waals surface area contributed by atoms with E-state index in [2.05, 4.69) is 23.6 Å². The maximum atomic E-state index is 5.90. The second-order valence-electron chi connectivity index (χ2n) is 6.18. The number of hydrogen-bond acceptors (Lipinski definition) is 4. The predicted octanol–water partition coefficient (Wildman–Crippen LogP) is 2.72. The number of hydrazine groups is 1. The number of benzene rings is 1. The van der Waals surface area contributed by atoms with Gasteiger partial charge >= 0.3 is 0 Å². The molecule has 1 heterocycles. The highest BCUT2D eigenvalue weighted by molar-refractivity contribution is 5.46. The van der Waals surface area contributed by atoms with Crippen LogP contribution >= 0.6 is 0 Å². The van der Waals surface area contributed by atoms with Crippen molar-refractivity contribution in [3.63, 3.8) is 0 Å². The van der Waals surface area contributed by atoms with E-state index >= 15 is 0 Å². The maximum Gasteiger partial charge on any atom is 0.127 e. The Labute approximate surface area is 127 Å². The lowest BCUT2D eigenvalue weighted by Crippen LogP contribution is -2.42. The third-order valence-electron chi connectivity index (χ3n) is 4.97. The molecule has 1 aliphatic heterocycles. The van der Waals surface area contributed by atoms with E-state index in [1.54, 1.807) is 7.11 Å². The molecule has 3 rings (SSSR count). The summed E-state index contributed by atoms with van der Waals surface area (Å²) in [7, 11) is 1.80. The van der Waals surface area contributed by atoms with Crippen LogP contribution in [0.2, 0.25) is 0 Å². The lowest BCUT2D eigenvalue weighted by molar-refractivity contribution is 0.00695. The average molecular weight is 290 g/mol. The molecule has 0 saturated heterocycles. The summed E-state index contributed by atoms with van der Waals surface area (Å²) in [5, 5.41) is 0.